The lowest BCUT2D eigenvalue weighted by Gasteiger charge is -2.24. The van der Waals surface area contributed by atoms with E-state index in [0.29, 0.717) is 32.5 Å². The Hall–Kier alpha value is -2.66. The van der Waals surface area contributed by atoms with Crippen molar-refractivity contribution in [2.45, 2.75) is 116 Å². The average molecular weight is 522 g/mol. The van der Waals surface area contributed by atoms with E-state index in [4.69, 9.17) is 9.47 Å². The van der Waals surface area contributed by atoms with Crippen LogP contribution in [0.4, 0.5) is 0 Å². The lowest BCUT2D eigenvalue weighted by atomic mass is 10.0. The van der Waals surface area contributed by atoms with Crippen LogP contribution in [0.15, 0.2) is 65.8 Å². The van der Waals surface area contributed by atoms with E-state index in [1.54, 1.807) is 0 Å². The van der Waals surface area contributed by atoms with E-state index in [0.717, 1.165) is 24.0 Å². The molecule has 208 valence electrons. The van der Waals surface area contributed by atoms with Gasteiger partial charge in [-0.25, -0.2) is 0 Å². The number of hydrogen-bond donors (Lipinski definition) is 0. The summed E-state index contributed by atoms with van der Waals surface area (Å²) >= 11 is 0. The van der Waals surface area contributed by atoms with Gasteiger partial charge in [-0.05, 0) is 29.5 Å². The number of carbonyl (C=O) groups is 1. The zero-order valence-electron chi connectivity index (χ0n) is 23.3. The third kappa shape index (κ3) is 14.9. The van der Waals surface area contributed by atoms with Crippen LogP contribution in [0.5, 0.6) is 0 Å². The van der Waals surface area contributed by atoms with E-state index in [-0.39, 0.29) is 12.4 Å². The molecule has 6 heteroatoms. The summed E-state index contributed by atoms with van der Waals surface area (Å²) in [5, 5.41) is 3.99. The molecular formula is C32H47N3O3. The molecule has 2 atom stereocenters. The highest BCUT2D eigenvalue weighted by molar-refractivity contribution is 5.78. The SMILES string of the molecule is CCCCCCCCCCCCC(=O)CC[C@H](OCc1ccccc1)[C@H](COCc1ccccc1)N=[N+]=[N-]. The first kappa shape index (κ1) is 31.6. The lowest BCUT2D eigenvalue weighted by molar-refractivity contribution is -0.120. The fourth-order valence-electron chi connectivity index (χ4n) is 4.56. The molecule has 38 heavy (non-hydrogen) atoms. The van der Waals surface area contributed by atoms with E-state index >= 15 is 0 Å². The van der Waals surface area contributed by atoms with Gasteiger partial charge in [-0.2, -0.15) is 0 Å². The van der Waals surface area contributed by atoms with Gasteiger partial charge in [0.2, 0.25) is 0 Å². The Labute approximate surface area is 229 Å². The summed E-state index contributed by atoms with van der Waals surface area (Å²) in [7, 11) is 0. The summed E-state index contributed by atoms with van der Waals surface area (Å²) in [5.41, 5.74) is 11.3. The van der Waals surface area contributed by atoms with Gasteiger partial charge in [-0.15, -0.1) is 0 Å². The zero-order chi connectivity index (χ0) is 27.1. The molecule has 0 saturated heterocycles. The average Bonchev–Trinajstić information content (AvgIpc) is 2.95. The second-order valence-electron chi connectivity index (χ2n) is 10.1. The molecule has 0 aliphatic heterocycles. The third-order valence-electron chi connectivity index (χ3n) is 6.85. The molecule has 2 rings (SSSR count). The summed E-state index contributed by atoms with van der Waals surface area (Å²) in [4.78, 5) is 15.7. The Balaban J connectivity index is 1.77. The first-order chi connectivity index (χ1) is 18.7. The summed E-state index contributed by atoms with van der Waals surface area (Å²) < 4.78 is 12.1. The lowest BCUT2D eigenvalue weighted by Crippen LogP contribution is -2.32. The minimum Gasteiger partial charge on any atom is -0.376 e. The summed E-state index contributed by atoms with van der Waals surface area (Å²) in [6.07, 6.45) is 13.7. The van der Waals surface area contributed by atoms with Gasteiger partial charge in [-0.3, -0.25) is 4.79 Å². The van der Waals surface area contributed by atoms with Crippen LogP contribution in [0.25, 0.3) is 10.4 Å². The molecule has 0 N–H and O–H groups in total. The Morgan fingerprint density at radius 3 is 1.92 bits per heavy atom. The Kier molecular flexibility index (Phi) is 17.7. The number of azide groups is 1. The van der Waals surface area contributed by atoms with Crippen molar-refractivity contribution >= 4 is 5.78 Å². The molecule has 0 saturated carbocycles. The van der Waals surface area contributed by atoms with Crippen LogP contribution in [0.2, 0.25) is 0 Å². The molecule has 0 unspecified atom stereocenters. The van der Waals surface area contributed by atoms with Crippen molar-refractivity contribution in [3.05, 3.63) is 82.2 Å². The fraction of sp³-hybridized carbons (Fsp3) is 0.594. The highest BCUT2D eigenvalue weighted by Crippen LogP contribution is 2.18. The van der Waals surface area contributed by atoms with Gasteiger partial charge in [-0.1, -0.05) is 130 Å². The molecule has 0 fully saturated rings. The van der Waals surface area contributed by atoms with Crippen LogP contribution in [0.1, 0.15) is 102 Å². The van der Waals surface area contributed by atoms with Crippen LogP contribution in [0.3, 0.4) is 0 Å². The monoisotopic (exact) mass is 521 g/mol. The standard InChI is InChI=1S/C32H47N3O3/c1-2-3-4-5-6-7-8-9-10-17-22-30(36)23-24-32(38-26-29-20-15-12-16-21-29)31(34-35-33)27-37-25-28-18-13-11-14-19-28/h11-16,18-21,31-32H,2-10,17,22-27H2,1H3/t31-,32-/m0/s1. The van der Waals surface area contributed by atoms with Crippen molar-refractivity contribution in [1.82, 2.24) is 0 Å². The summed E-state index contributed by atoms with van der Waals surface area (Å²) in [6.45, 7) is 3.32. The molecule has 0 aromatic heterocycles. The van der Waals surface area contributed by atoms with Gasteiger partial charge in [0.15, 0.2) is 0 Å². The predicted octanol–water partition coefficient (Wildman–Crippen LogP) is 9.13. The molecule has 2 aromatic rings. The molecule has 0 spiro atoms. The quantitative estimate of drug-likeness (QED) is 0.0632. The molecule has 0 heterocycles. The topological polar surface area (TPSA) is 84.3 Å². The number of Topliss-reactive ketones (excluding diaryl/α,β-unsaturated/α-hetero) is 1. The molecule has 0 bridgehead atoms. The number of ether oxygens (including phenoxy) is 2. The van der Waals surface area contributed by atoms with E-state index in [1.807, 2.05) is 60.7 Å². The van der Waals surface area contributed by atoms with E-state index in [1.165, 1.54) is 51.4 Å². The summed E-state index contributed by atoms with van der Waals surface area (Å²) in [6, 6.07) is 19.3. The van der Waals surface area contributed by atoms with Crippen molar-refractivity contribution in [3.8, 4) is 0 Å². The van der Waals surface area contributed by atoms with Gasteiger partial charge >= 0.3 is 0 Å². The van der Waals surface area contributed by atoms with Crippen LogP contribution in [0, 0.1) is 0 Å². The van der Waals surface area contributed by atoms with E-state index in [9.17, 15) is 10.3 Å². The van der Waals surface area contributed by atoms with Crippen molar-refractivity contribution in [2.24, 2.45) is 5.11 Å². The molecule has 0 amide bonds. The van der Waals surface area contributed by atoms with Crippen molar-refractivity contribution < 1.29 is 14.3 Å². The molecular weight excluding hydrogens is 474 g/mol. The number of ketones is 1. The van der Waals surface area contributed by atoms with E-state index in [2.05, 4.69) is 16.9 Å². The third-order valence-corrected chi connectivity index (χ3v) is 6.85. The molecule has 0 radical (unpaired) electrons. The fourth-order valence-corrected chi connectivity index (χ4v) is 4.56. The maximum Gasteiger partial charge on any atom is 0.133 e. The van der Waals surface area contributed by atoms with Gasteiger partial charge in [0.1, 0.15) is 5.78 Å². The van der Waals surface area contributed by atoms with Gasteiger partial charge < -0.3 is 9.47 Å². The van der Waals surface area contributed by atoms with Crippen LogP contribution < -0.4 is 0 Å². The number of hydrogen-bond acceptors (Lipinski definition) is 4. The molecule has 2 aromatic carbocycles. The van der Waals surface area contributed by atoms with Crippen molar-refractivity contribution in [3.63, 3.8) is 0 Å². The second kappa shape index (κ2) is 21.3. The zero-order valence-corrected chi connectivity index (χ0v) is 23.3. The highest BCUT2D eigenvalue weighted by atomic mass is 16.5. The number of benzene rings is 2. The number of carbonyl (C=O) groups excluding carboxylic acids is 1. The first-order valence-electron chi connectivity index (χ1n) is 14.6. The maximum atomic E-state index is 12.6. The molecule has 0 aliphatic rings. The smallest absolute Gasteiger partial charge is 0.133 e. The Morgan fingerprint density at radius 1 is 0.789 bits per heavy atom. The second-order valence-corrected chi connectivity index (χ2v) is 10.1. The minimum atomic E-state index is -0.502. The first-order valence-corrected chi connectivity index (χ1v) is 14.6. The number of rotatable bonds is 23. The highest BCUT2D eigenvalue weighted by Gasteiger charge is 2.23. The maximum absolute atomic E-state index is 12.6. The normalized spacial score (nSPS) is 12.6. The van der Waals surface area contributed by atoms with Gasteiger partial charge in [0.05, 0.1) is 32.0 Å². The van der Waals surface area contributed by atoms with Crippen LogP contribution in [-0.4, -0.2) is 24.5 Å². The number of nitrogens with zero attached hydrogens (tertiary/aromatic N) is 3. The van der Waals surface area contributed by atoms with E-state index < -0.39 is 12.1 Å². The minimum absolute atomic E-state index is 0.241. The predicted molar refractivity (Wildman–Crippen MR) is 155 cm³/mol. The van der Waals surface area contributed by atoms with Crippen molar-refractivity contribution in [1.29, 1.82) is 0 Å². The van der Waals surface area contributed by atoms with Crippen LogP contribution in [-0.2, 0) is 27.5 Å². The number of unbranched alkanes of at least 4 members (excludes halogenated alkanes) is 9. The Bertz CT molecular complexity index is 901. The molecule has 0 aliphatic carbocycles. The van der Waals surface area contributed by atoms with Crippen LogP contribution >= 0.6 is 0 Å². The van der Waals surface area contributed by atoms with Gasteiger partial charge in [0, 0.05) is 17.8 Å². The molecule has 6 nitrogen and oxygen atoms in total. The van der Waals surface area contributed by atoms with Crippen molar-refractivity contribution in [2.75, 3.05) is 6.61 Å². The summed E-state index contributed by atoms with van der Waals surface area (Å²) in [5.74, 6) is 0.253. The largest absolute Gasteiger partial charge is 0.376 e. The van der Waals surface area contributed by atoms with Gasteiger partial charge in [0.25, 0.3) is 0 Å². The Morgan fingerprint density at radius 2 is 1.34 bits per heavy atom.